The van der Waals surface area contributed by atoms with Crippen molar-refractivity contribution in [1.82, 2.24) is 0 Å². The van der Waals surface area contributed by atoms with Gasteiger partial charge in [0.25, 0.3) is 0 Å². The first-order valence-corrected chi connectivity index (χ1v) is 10.9. The molecule has 0 amide bonds. The molecule has 2 heteroatoms. The standard InChI is InChI=1S/C26H40O2/c1-3-5-7-8-9-10-11-12-13-14-15-16-17-18-19-20-21-22-23-24-26(27)28-25-6-4-2/h5,7,9-10,12-13,15-16,18-19,21-22H,3-4,6,8,11,14,17,20,23-25H2,1-2H3. The molecule has 0 saturated heterocycles. The quantitative estimate of drug-likeness (QED) is 0.145. The summed E-state index contributed by atoms with van der Waals surface area (Å²) in [6.07, 6.45) is 35.4. The van der Waals surface area contributed by atoms with E-state index in [1.807, 2.05) is 0 Å². The Morgan fingerprint density at radius 2 is 1.07 bits per heavy atom. The molecule has 156 valence electrons. The lowest BCUT2D eigenvalue weighted by molar-refractivity contribution is -0.143. The van der Waals surface area contributed by atoms with Crippen molar-refractivity contribution in [2.75, 3.05) is 6.61 Å². The maximum absolute atomic E-state index is 11.4. The SMILES string of the molecule is CCC=CCC=CCC=CCC=CCC=CCC=CCCC(=O)OCCCC. The van der Waals surface area contributed by atoms with Crippen LogP contribution in [0.15, 0.2) is 72.9 Å². The van der Waals surface area contributed by atoms with E-state index in [1.165, 1.54) is 0 Å². The smallest absolute Gasteiger partial charge is 0.306 e. The number of hydrogen-bond donors (Lipinski definition) is 0. The summed E-state index contributed by atoms with van der Waals surface area (Å²) in [5, 5.41) is 0. The van der Waals surface area contributed by atoms with Crippen LogP contribution < -0.4 is 0 Å². The number of carbonyl (C=O) groups excluding carboxylic acids is 1. The minimum Gasteiger partial charge on any atom is -0.466 e. The van der Waals surface area contributed by atoms with E-state index in [0.29, 0.717) is 13.0 Å². The second-order valence-corrected chi connectivity index (χ2v) is 6.53. The summed E-state index contributed by atoms with van der Waals surface area (Å²) in [5.74, 6) is -0.0898. The molecule has 0 aliphatic carbocycles. The number of unbranched alkanes of at least 4 members (excludes halogenated alkanes) is 1. The van der Waals surface area contributed by atoms with Crippen molar-refractivity contribution in [2.24, 2.45) is 0 Å². The fourth-order valence-electron chi connectivity index (χ4n) is 2.24. The van der Waals surface area contributed by atoms with E-state index in [1.54, 1.807) is 0 Å². The fraction of sp³-hybridized carbons (Fsp3) is 0.500. The molecule has 28 heavy (non-hydrogen) atoms. The molecular weight excluding hydrogens is 344 g/mol. The van der Waals surface area contributed by atoms with Crippen molar-refractivity contribution in [3.05, 3.63) is 72.9 Å². The van der Waals surface area contributed by atoms with Crippen LogP contribution in [0.1, 0.15) is 78.1 Å². The Hall–Kier alpha value is -2.09. The predicted octanol–water partition coefficient (Wildman–Crippen LogP) is 7.81. The van der Waals surface area contributed by atoms with Gasteiger partial charge in [0, 0.05) is 6.42 Å². The van der Waals surface area contributed by atoms with Crippen LogP contribution in [-0.4, -0.2) is 12.6 Å². The van der Waals surface area contributed by atoms with Gasteiger partial charge in [-0.05, 0) is 51.4 Å². The van der Waals surface area contributed by atoms with Gasteiger partial charge in [-0.3, -0.25) is 4.79 Å². The van der Waals surface area contributed by atoms with Gasteiger partial charge in [0.05, 0.1) is 6.61 Å². The largest absolute Gasteiger partial charge is 0.466 e. The van der Waals surface area contributed by atoms with Gasteiger partial charge >= 0.3 is 5.97 Å². The third-order valence-electron chi connectivity index (χ3n) is 3.87. The van der Waals surface area contributed by atoms with E-state index in [0.717, 1.165) is 57.8 Å². The molecule has 0 rings (SSSR count). The van der Waals surface area contributed by atoms with Crippen LogP contribution in [0.3, 0.4) is 0 Å². The predicted molar refractivity (Wildman–Crippen MR) is 123 cm³/mol. The van der Waals surface area contributed by atoms with E-state index in [9.17, 15) is 4.79 Å². The van der Waals surface area contributed by atoms with Crippen LogP contribution in [-0.2, 0) is 9.53 Å². The van der Waals surface area contributed by atoms with Crippen molar-refractivity contribution in [3.8, 4) is 0 Å². The second-order valence-electron chi connectivity index (χ2n) is 6.53. The van der Waals surface area contributed by atoms with Gasteiger partial charge < -0.3 is 4.74 Å². The number of ether oxygens (including phenoxy) is 1. The molecule has 0 spiro atoms. The molecule has 0 heterocycles. The van der Waals surface area contributed by atoms with Gasteiger partial charge in [0.1, 0.15) is 0 Å². The normalized spacial score (nSPS) is 12.8. The van der Waals surface area contributed by atoms with Crippen molar-refractivity contribution >= 4 is 5.97 Å². The first-order chi connectivity index (χ1) is 13.8. The summed E-state index contributed by atoms with van der Waals surface area (Å²) in [4.78, 5) is 11.4. The molecule has 0 aromatic rings. The maximum atomic E-state index is 11.4. The molecule has 0 aromatic carbocycles. The molecule has 0 N–H and O–H groups in total. The van der Waals surface area contributed by atoms with Crippen LogP contribution in [0.4, 0.5) is 0 Å². The zero-order valence-corrected chi connectivity index (χ0v) is 18.0. The Morgan fingerprint density at radius 3 is 1.50 bits per heavy atom. The Balaban J connectivity index is 3.54. The topological polar surface area (TPSA) is 26.3 Å². The van der Waals surface area contributed by atoms with Gasteiger partial charge in [0.15, 0.2) is 0 Å². The van der Waals surface area contributed by atoms with Crippen LogP contribution in [0.5, 0.6) is 0 Å². The highest BCUT2D eigenvalue weighted by atomic mass is 16.5. The number of rotatable bonds is 17. The highest BCUT2D eigenvalue weighted by molar-refractivity contribution is 5.69. The first-order valence-electron chi connectivity index (χ1n) is 10.9. The van der Waals surface area contributed by atoms with Crippen LogP contribution in [0.25, 0.3) is 0 Å². The molecule has 0 aromatic heterocycles. The maximum Gasteiger partial charge on any atom is 0.306 e. The molecular formula is C26H40O2. The Bertz CT molecular complexity index is 519. The van der Waals surface area contributed by atoms with Gasteiger partial charge in [-0.1, -0.05) is 93.2 Å². The van der Waals surface area contributed by atoms with Crippen LogP contribution >= 0.6 is 0 Å². The first kappa shape index (κ1) is 25.9. The summed E-state index contributed by atoms with van der Waals surface area (Å²) in [6, 6.07) is 0. The lowest BCUT2D eigenvalue weighted by atomic mass is 10.2. The van der Waals surface area contributed by atoms with Crippen LogP contribution in [0, 0.1) is 0 Å². The molecule has 0 aliphatic heterocycles. The van der Waals surface area contributed by atoms with E-state index in [2.05, 4.69) is 86.8 Å². The minimum absolute atomic E-state index is 0.0898. The molecule has 2 nitrogen and oxygen atoms in total. The number of hydrogen-bond acceptors (Lipinski definition) is 2. The van der Waals surface area contributed by atoms with Gasteiger partial charge in [-0.15, -0.1) is 0 Å². The molecule has 0 aliphatic rings. The highest BCUT2D eigenvalue weighted by Gasteiger charge is 1.99. The third kappa shape index (κ3) is 22.0. The lowest BCUT2D eigenvalue weighted by Gasteiger charge is -2.01. The molecule has 0 unspecified atom stereocenters. The van der Waals surface area contributed by atoms with Gasteiger partial charge in [-0.2, -0.15) is 0 Å². The Labute approximate surface area is 173 Å². The Morgan fingerprint density at radius 1 is 0.643 bits per heavy atom. The second kappa shape index (κ2) is 23.0. The summed E-state index contributed by atoms with van der Waals surface area (Å²) in [5.41, 5.74) is 0. The van der Waals surface area contributed by atoms with E-state index >= 15 is 0 Å². The summed E-state index contributed by atoms with van der Waals surface area (Å²) < 4.78 is 5.11. The zero-order chi connectivity index (χ0) is 20.5. The van der Waals surface area contributed by atoms with Crippen LogP contribution in [0.2, 0.25) is 0 Å². The van der Waals surface area contributed by atoms with Crippen molar-refractivity contribution in [1.29, 1.82) is 0 Å². The number of carbonyl (C=O) groups is 1. The van der Waals surface area contributed by atoms with Gasteiger partial charge in [-0.25, -0.2) is 0 Å². The molecule has 0 bridgehead atoms. The summed E-state index contributed by atoms with van der Waals surface area (Å²) in [7, 11) is 0. The molecule has 0 radical (unpaired) electrons. The van der Waals surface area contributed by atoms with Gasteiger partial charge in [0.2, 0.25) is 0 Å². The van der Waals surface area contributed by atoms with Crippen molar-refractivity contribution < 1.29 is 9.53 Å². The monoisotopic (exact) mass is 384 g/mol. The fourth-order valence-corrected chi connectivity index (χ4v) is 2.24. The van der Waals surface area contributed by atoms with E-state index in [4.69, 9.17) is 4.74 Å². The minimum atomic E-state index is -0.0898. The third-order valence-corrected chi connectivity index (χ3v) is 3.87. The average molecular weight is 385 g/mol. The molecule has 0 saturated carbocycles. The summed E-state index contributed by atoms with van der Waals surface area (Å²) >= 11 is 0. The number of allylic oxidation sites excluding steroid dienone is 12. The zero-order valence-electron chi connectivity index (χ0n) is 18.0. The van der Waals surface area contributed by atoms with Crippen molar-refractivity contribution in [2.45, 2.75) is 78.1 Å². The molecule has 0 fully saturated rings. The van der Waals surface area contributed by atoms with E-state index < -0.39 is 0 Å². The molecule has 0 atom stereocenters. The van der Waals surface area contributed by atoms with Crippen molar-refractivity contribution in [3.63, 3.8) is 0 Å². The summed E-state index contributed by atoms with van der Waals surface area (Å²) in [6.45, 7) is 4.80. The number of esters is 1. The lowest BCUT2D eigenvalue weighted by Crippen LogP contribution is -2.04. The van der Waals surface area contributed by atoms with E-state index in [-0.39, 0.29) is 5.97 Å². The average Bonchev–Trinajstić information content (AvgIpc) is 2.70. The Kier molecular flexibility index (Phi) is 21.2. The highest BCUT2D eigenvalue weighted by Crippen LogP contribution is 1.99.